The number of piperidine rings is 1. The van der Waals surface area contributed by atoms with Crippen LogP contribution in [0.5, 0.6) is 11.5 Å². The normalized spacial score (nSPS) is 15.0. The van der Waals surface area contributed by atoms with Crippen molar-refractivity contribution in [3.8, 4) is 11.5 Å². The van der Waals surface area contributed by atoms with Crippen LogP contribution in [0.1, 0.15) is 29.6 Å². The number of alkyl halides is 1. The van der Waals surface area contributed by atoms with Crippen molar-refractivity contribution in [2.45, 2.75) is 25.3 Å². The minimum absolute atomic E-state index is 0.0608. The molecule has 1 N–H and O–H groups in total. The molecule has 2 rings (SSSR count). The predicted octanol–water partition coefficient (Wildman–Crippen LogP) is 2.05. The van der Waals surface area contributed by atoms with E-state index in [1.54, 1.807) is 30.2 Å². The van der Waals surface area contributed by atoms with Crippen LogP contribution in [0, 0.1) is 0 Å². The highest BCUT2D eigenvalue weighted by molar-refractivity contribution is 6.18. The summed E-state index contributed by atoms with van der Waals surface area (Å²) in [7, 11) is 3.09. The fourth-order valence-electron chi connectivity index (χ4n) is 2.76. The Hall–Kier alpha value is -1.95. The van der Waals surface area contributed by atoms with Crippen molar-refractivity contribution in [2.24, 2.45) is 0 Å². The zero-order chi connectivity index (χ0) is 17.5. The first-order chi connectivity index (χ1) is 11.6. The van der Waals surface area contributed by atoms with E-state index in [4.69, 9.17) is 21.1 Å². The molecule has 1 aromatic carbocycles. The molecule has 2 amide bonds. The summed E-state index contributed by atoms with van der Waals surface area (Å²) in [5, 5.41) is 3.02. The number of nitrogens with one attached hydrogen (secondary N) is 1. The first-order valence-electron chi connectivity index (χ1n) is 7.95. The average molecular weight is 355 g/mol. The standard InChI is InChI=1S/C17H23ClN2O4/c1-23-14-4-3-12(11-15(14)24-2)17(22)19-13-6-9-20(10-7-13)16(21)5-8-18/h3-4,11,13H,5-10H2,1-2H3,(H,19,22). The molecule has 24 heavy (non-hydrogen) atoms. The Morgan fingerprint density at radius 2 is 1.88 bits per heavy atom. The predicted molar refractivity (Wildman–Crippen MR) is 92.0 cm³/mol. The summed E-state index contributed by atoms with van der Waals surface area (Å²) in [6, 6.07) is 5.13. The van der Waals surface area contributed by atoms with E-state index in [1.165, 1.54) is 7.11 Å². The molecule has 7 heteroatoms. The Labute approximate surface area is 147 Å². The van der Waals surface area contributed by atoms with E-state index in [0.29, 0.717) is 42.5 Å². The highest BCUT2D eigenvalue weighted by atomic mass is 35.5. The minimum Gasteiger partial charge on any atom is -0.493 e. The second-order valence-corrected chi connectivity index (χ2v) is 6.02. The number of benzene rings is 1. The monoisotopic (exact) mass is 354 g/mol. The number of nitrogens with zero attached hydrogens (tertiary/aromatic N) is 1. The lowest BCUT2D eigenvalue weighted by Crippen LogP contribution is -2.46. The van der Waals surface area contributed by atoms with E-state index in [0.717, 1.165) is 12.8 Å². The third-order valence-electron chi connectivity index (χ3n) is 4.14. The molecule has 0 radical (unpaired) electrons. The van der Waals surface area contributed by atoms with Crippen LogP contribution in [0.2, 0.25) is 0 Å². The number of halogens is 1. The van der Waals surface area contributed by atoms with Gasteiger partial charge in [-0.25, -0.2) is 0 Å². The lowest BCUT2D eigenvalue weighted by molar-refractivity contribution is -0.131. The zero-order valence-electron chi connectivity index (χ0n) is 14.0. The lowest BCUT2D eigenvalue weighted by Gasteiger charge is -2.32. The molecule has 0 spiro atoms. The molecule has 1 aliphatic heterocycles. The summed E-state index contributed by atoms with van der Waals surface area (Å²) in [4.78, 5) is 26.0. The molecule has 0 bridgehead atoms. The van der Waals surface area contributed by atoms with Gasteiger partial charge in [0.1, 0.15) is 0 Å². The highest BCUT2D eigenvalue weighted by Gasteiger charge is 2.24. The van der Waals surface area contributed by atoms with Gasteiger partial charge in [0.05, 0.1) is 14.2 Å². The second-order valence-electron chi connectivity index (χ2n) is 5.64. The van der Waals surface area contributed by atoms with Crippen LogP contribution in [-0.2, 0) is 4.79 Å². The van der Waals surface area contributed by atoms with Crippen LogP contribution in [0.15, 0.2) is 18.2 Å². The SMILES string of the molecule is COc1ccc(C(=O)NC2CCN(C(=O)CCCl)CC2)cc1OC. The first-order valence-corrected chi connectivity index (χ1v) is 8.49. The van der Waals surface area contributed by atoms with Crippen molar-refractivity contribution in [1.82, 2.24) is 10.2 Å². The van der Waals surface area contributed by atoms with Crippen molar-refractivity contribution in [1.29, 1.82) is 0 Å². The summed E-state index contributed by atoms with van der Waals surface area (Å²) in [6.07, 6.45) is 1.85. The summed E-state index contributed by atoms with van der Waals surface area (Å²) < 4.78 is 10.4. The molecule has 0 aliphatic carbocycles. The van der Waals surface area contributed by atoms with Gasteiger partial charge in [0.2, 0.25) is 5.91 Å². The Morgan fingerprint density at radius 1 is 1.21 bits per heavy atom. The zero-order valence-corrected chi connectivity index (χ0v) is 14.8. The van der Waals surface area contributed by atoms with E-state index in [1.807, 2.05) is 0 Å². The largest absolute Gasteiger partial charge is 0.493 e. The highest BCUT2D eigenvalue weighted by Crippen LogP contribution is 2.27. The molecule has 1 saturated heterocycles. The van der Waals surface area contributed by atoms with Crippen LogP contribution < -0.4 is 14.8 Å². The Morgan fingerprint density at radius 3 is 2.46 bits per heavy atom. The molecule has 1 heterocycles. The number of carbonyl (C=O) groups excluding carboxylic acids is 2. The van der Waals surface area contributed by atoms with E-state index < -0.39 is 0 Å². The Bertz CT molecular complexity index is 586. The molecular weight excluding hydrogens is 332 g/mol. The van der Waals surface area contributed by atoms with Crippen LogP contribution in [0.25, 0.3) is 0 Å². The molecule has 0 atom stereocenters. The topological polar surface area (TPSA) is 67.9 Å². The van der Waals surface area contributed by atoms with E-state index in [2.05, 4.69) is 5.32 Å². The number of methoxy groups -OCH3 is 2. The van der Waals surface area contributed by atoms with Gasteiger partial charge in [0.15, 0.2) is 11.5 Å². The molecule has 1 fully saturated rings. The number of carbonyl (C=O) groups is 2. The summed E-state index contributed by atoms with van der Waals surface area (Å²) >= 11 is 5.60. The number of amides is 2. The van der Waals surface area contributed by atoms with Gasteiger partial charge in [0, 0.05) is 37.0 Å². The Kier molecular flexibility index (Phi) is 6.73. The van der Waals surface area contributed by atoms with E-state index in [-0.39, 0.29) is 17.9 Å². The quantitative estimate of drug-likeness (QED) is 0.794. The van der Waals surface area contributed by atoms with Gasteiger partial charge >= 0.3 is 0 Å². The molecule has 0 aromatic heterocycles. The van der Waals surface area contributed by atoms with Crippen LogP contribution in [-0.4, -0.2) is 55.9 Å². The summed E-state index contributed by atoms with van der Waals surface area (Å²) in [6.45, 7) is 1.29. The maximum Gasteiger partial charge on any atom is 0.251 e. The third-order valence-corrected chi connectivity index (χ3v) is 4.33. The van der Waals surface area contributed by atoms with Crippen LogP contribution >= 0.6 is 11.6 Å². The van der Waals surface area contributed by atoms with Gasteiger partial charge < -0.3 is 19.7 Å². The molecule has 1 aromatic rings. The average Bonchev–Trinajstić information content (AvgIpc) is 2.61. The summed E-state index contributed by atoms with van der Waals surface area (Å²) in [5.74, 6) is 1.37. The van der Waals surface area contributed by atoms with Gasteiger partial charge in [-0.05, 0) is 31.0 Å². The van der Waals surface area contributed by atoms with Crippen molar-refractivity contribution in [3.05, 3.63) is 23.8 Å². The van der Waals surface area contributed by atoms with Crippen molar-refractivity contribution in [2.75, 3.05) is 33.2 Å². The number of hydrogen-bond acceptors (Lipinski definition) is 4. The number of rotatable bonds is 6. The van der Waals surface area contributed by atoms with Gasteiger partial charge in [0.25, 0.3) is 5.91 Å². The molecular formula is C17H23ClN2O4. The van der Waals surface area contributed by atoms with Crippen LogP contribution in [0.3, 0.4) is 0 Å². The number of ether oxygens (including phenoxy) is 2. The minimum atomic E-state index is -0.151. The van der Waals surface area contributed by atoms with Gasteiger partial charge in [-0.1, -0.05) is 0 Å². The first kappa shape index (κ1) is 18.4. The van der Waals surface area contributed by atoms with Gasteiger partial charge in [-0.2, -0.15) is 0 Å². The molecule has 0 unspecified atom stereocenters. The Balaban J connectivity index is 1.91. The fourth-order valence-corrected chi connectivity index (χ4v) is 2.92. The van der Waals surface area contributed by atoms with Crippen molar-refractivity contribution in [3.63, 3.8) is 0 Å². The second kappa shape index (κ2) is 8.78. The maximum absolute atomic E-state index is 12.4. The van der Waals surface area contributed by atoms with Crippen molar-refractivity contribution >= 4 is 23.4 Å². The van der Waals surface area contributed by atoms with Gasteiger partial charge in [-0.3, -0.25) is 9.59 Å². The smallest absolute Gasteiger partial charge is 0.251 e. The van der Waals surface area contributed by atoms with Crippen LogP contribution in [0.4, 0.5) is 0 Å². The molecule has 0 saturated carbocycles. The number of hydrogen-bond donors (Lipinski definition) is 1. The molecule has 6 nitrogen and oxygen atoms in total. The van der Waals surface area contributed by atoms with E-state index in [9.17, 15) is 9.59 Å². The third kappa shape index (κ3) is 4.54. The maximum atomic E-state index is 12.4. The number of likely N-dealkylation sites (tertiary alicyclic amines) is 1. The lowest BCUT2D eigenvalue weighted by atomic mass is 10.0. The fraction of sp³-hybridized carbons (Fsp3) is 0.529. The molecule has 132 valence electrons. The summed E-state index contributed by atoms with van der Waals surface area (Å²) in [5.41, 5.74) is 0.522. The van der Waals surface area contributed by atoms with E-state index >= 15 is 0 Å². The molecule has 1 aliphatic rings. The van der Waals surface area contributed by atoms with Gasteiger partial charge in [-0.15, -0.1) is 11.6 Å². The van der Waals surface area contributed by atoms with Crippen molar-refractivity contribution < 1.29 is 19.1 Å².